The fourth-order valence-electron chi connectivity index (χ4n) is 1.57. The summed E-state index contributed by atoms with van der Waals surface area (Å²) in [6, 6.07) is 0. The van der Waals surface area contributed by atoms with Crippen molar-refractivity contribution in [3.63, 3.8) is 0 Å². The Hall–Kier alpha value is -0.0800. The first-order chi connectivity index (χ1) is 4.27. The zero-order valence-electron chi connectivity index (χ0n) is 6.02. The van der Waals surface area contributed by atoms with Crippen LogP contribution >= 0.6 is 0 Å². The van der Waals surface area contributed by atoms with Gasteiger partial charge in [0.1, 0.15) is 0 Å². The molecule has 1 aliphatic rings. The largest absolute Gasteiger partial charge is 0.304 e. The molecule has 2 N–H and O–H groups in total. The Morgan fingerprint density at radius 2 is 2.00 bits per heavy atom. The highest BCUT2D eigenvalue weighted by molar-refractivity contribution is 4.79. The Morgan fingerprint density at radius 3 is 2.44 bits per heavy atom. The lowest BCUT2D eigenvalue weighted by molar-refractivity contribution is 0.0567. The van der Waals surface area contributed by atoms with E-state index in [1.165, 1.54) is 25.7 Å². The van der Waals surface area contributed by atoms with Crippen molar-refractivity contribution >= 4 is 0 Å². The van der Waals surface area contributed by atoms with Gasteiger partial charge in [-0.05, 0) is 18.3 Å². The van der Waals surface area contributed by atoms with Crippen molar-refractivity contribution in [3.8, 4) is 0 Å². The molecule has 0 saturated heterocycles. The Balaban J connectivity index is 2.32. The summed E-state index contributed by atoms with van der Waals surface area (Å²) in [5.41, 5.74) is 0.398. The van der Waals surface area contributed by atoms with Gasteiger partial charge in [-0.3, -0.25) is 0 Å². The van der Waals surface area contributed by atoms with E-state index in [2.05, 4.69) is 11.8 Å². The van der Waals surface area contributed by atoms with Gasteiger partial charge in [0.25, 0.3) is 0 Å². The average Bonchev–Trinajstić information content (AvgIpc) is 2.16. The second-order valence-corrected chi connectivity index (χ2v) is 3.33. The molecule has 1 aliphatic carbocycles. The van der Waals surface area contributed by atoms with Crippen LogP contribution in [0.2, 0.25) is 0 Å². The van der Waals surface area contributed by atoms with Crippen molar-refractivity contribution in [1.29, 1.82) is 0 Å². The van der Waals surface area contributed by atoms with Crippen LogP contribution in [-0.4, -0.2) is 6.61 Å². The third-order valence-electron chi connectivity index (χ3n) is 2.24. The summed E-state index contributed by atoms with van der Waals surface area (Å²) in [5, 5.41) is 0. The lowest BCUT2D eigenvalue weighted by Gasteiger charge is -2.20. The summed E-state index contributed by atoms with van der Waals surface area (Å²) in [7, 11) is 0. The molecule has 2 nitrogen and oxygen atoms in total. The van der Waals surface area contributed by atoms with Crippen LogP contribution < -0.4 is 5.90 Å². The smallest absolute Gasteiger partial charge is 0.0732 e. The van der Waals surface area contributed by atoms with Crippen molar-refractivity contribution in [2.75, 3.05) is 6.61 Å². The van der Waals surface area contributed by atoms with E-state index >= 15 is 0 Å². The molecule has 0 amide bonds. The molecule has 0 aliphatic heterocycles. The average molecular weight is 129 g/mol. The molecular formula is C7H15NO. The normalized spacial score (nSPS) is 24.7. The monoisotopic (exact) mass is 129 g/mol. The standard InChI is InChI=1S/C7H15NO/c1-7(6-9-8)4-2-3-5-7/h2-6,8H2,1H3. The molecule has 2 heteroatoms. The maximum Gasteiger partial charge on any atom is 0.0732 e. The lowest BCUT2D eigenvalue weighted by Crippen LogP contribution is -2.21. The van der Waals surface area contributed by atoms with Crippen LogP contribution in [0.15, 0.2) is 0 Å². The van der Waals surface area contributed by atoms with Gasteiger partial charge in [-0.25, -0.2) is 5.90 Å². The van der Waals surface area contributed by atoms with Crippen LogP contribution in [0.5, 0.6) is 0 Å². The summed E-state index contributed by atoms with van der Waals surface area (Å²) in [4.78, 5) is 4.63. The molecule has 0 radical (unpaired) electrons. The SMILES string of the molecule is CC1(CON)CCCC1. The van der Waals surface area contributed by atoms with E-state index in [9.17, 15) is 0 Å². The highest BCUT2D eigenvalue weighted by Gasteiger charge is 2.28. The van der Waals surface area contributed by atoms with E-state index in [1.54, 1.807) is 0 Å². The van der Waals surface area contributed by atoms with E-state index in [4.69, 9.17) is 5.90 Å². The van der Waals surface area contributed by atoms with Gasteiger partial charge in [-0.2, -0.15) is 0 Å². The molecule has 0 aromatic rings. The van der Waals surface area contributed by atoms with Gasteiger partial charge in [-0.1, -0.05) is 19.8 Å². The molecule has 0 atom stereocenters. The molecule has 0 aromatic heterocycles. The first-order valence-electron chi connectivity index (χ1n) is 3.59. The molecule has 54 valence electrons. The van der Waals surface area contributed by atoms with Crippen LogP contribution in [0.4, 0.5) is 0 Å². The Labute approximate surface area is 56.3 Å². The van der Waals surface area contributed by atoms with Crippen molar-refractivity contribution in [1.82, 2.24) is 0 Å². The van der Waals surface area contributed by atoms with Gasteiger partial charge in [-0.15, -0.1) is 0 Å². The fraction of sp³-hybridized carbons (Fsp3) is 1.00. The third kappa shape index (κ3) is 1.66. The second-order valence-electron chi connectivity index (χ2n) is 3.33. The molecule has 0 heterocycles. The van der Waals surface area contributed by atoms with E-state index < -0.39 is 0 Å². The molecule has 0 unspecified atom stereocenters. The Bertz CT molecular complexity index is 86.9. The van der Waals surface area contributed by atoms with Crippen LogP contribution in [0.25, 0.3) is 0 Å². The summed E-state index contributed by atoms with van der Waals surface area (Å²) in [5.74, 6) is 4.99. The van der Waals surface area contributed by atoms with Crippen molar-refractivity contribution in [2.45, 2.75) is 32.6 Å². The summed E-state index contributed by atoms with van der Waals surface area (Å²) in [6.45, 7) is 2.97. The van der Waals surface area contributed by atoms with Crippen LogP contribution in [0.1, 0.15) is 32.6 Å². The van der Waals surface area contributed by atoms with E-state index in [1.807, 2.05) is 0 Å². The third-order valence-corrected chi connectivity index (χ3v) is 2.24. The van der Waals surface area contributed by atoms with E-state index in [0.29, 0.717) is 5.41 Å². The van der Waals surface area contributed by atoms with Gasteiger partial charge >= 0.3 is 0 Å². The Morgan fingerprint density at radius 1 is 1.44 bits per heavy atom. The van der Waals surface area contributed by atoms with Crippen molar-refractivity contribution in [2.24, 2.45) is 11.3 Å². The molecule has 0 aromatic carbocycles. The first kappa shape index (κ1) is 7.03. The summed E-state index contributed by atoms with van der Waals surface area (Å²) < 4.78 is 0. The minimum Gasteiger partial charge on any atom is -0.304 e. The number of hydrogen-bond donors (Lipinski definition) is 1. The van der Waals surface area contributed by atoms with Gasteiger partial charge in [0.2, 0.25) is 0 Å². The van der Waals surface area contributed by atoms with Crippen LogP contribution in [0, 0.1) is 5.41 Å². The highest BCUT2D eigenvalue weighted by Crippen LogP contribution is 2.37. The van der Waals surface area contributed by atoms with Crippen molar-refractivity contribution in [3.05, 3.63) is 0 Å². The zero-order valence-corrected chi connectivity index (χ0v) is 6.02. The number of rotatable bonds is 2. The predicted molar refractivity (Wildman–Crippen MR) is 36.7 cm³/mol. The predicted octanol–water partition coefficient (Wildman–Crippen LogP) is 1.46. The summed E-state index contributed by atoms with van der Waals surface area (Å²) >= 11 is 0. The number of nitrogens with two attached hydrogens (primary N) is 1. The molecule has 1 saturated carbocycles. The quantitative estimate of drug-likeness (QED) is 0.573. The van der Waals surface area contributed by atoms with Gasteiger partial charge in [0.15, 0.2) is 0 Å². The van der Waals surface area contributed by atoms with Crippen LogP contribution in [0.3, 0.4) is 0 Å². The Kier molecular flexibility index (Phi) is 2.09. The molecule has 9 heavy (non-hydrogen) atoms. The molecule has 1 rings (SSSR count). The molecular weight excluding hydrogens is 114 g/mol. The van der Waals surface area contributed by atoms with E-state index in [-0.39, 0.29) is 0 Å². The van der Waals surface area contributed by atoms with Crippen LogP contribution in [-0.2, 0) is 4.84 Å². The van der Waals surface area contributed by atoms with Gasteiger partial charge in [0.05, 0.1) is 6.61 Å². The molecule has 1 fully saturated rings. The minimum atomic E-state index is 0.398. The fourth-order valence-corrected chi connectivity index (χ4v) is 1.57. The molecule has 0 bridgehead atoms. The first-order valence-corrected chi connectivity index (χ1v) is 3.59. The second kappa shape index (κ2) is 2.67. The number of hydrogen-bond acceptors (Lipinski definition) is 2. The highest BCUT2D eigenvalue weighted by atomic mass is 16.6. The van der Waals surface area contributed by atoms with Gasteiger partial charge < -0.3 is 4.84 Å². The summed E-state index contributed by atoms with van der Waals surface area (Å²) in [6.07, 6.45) is 5.26. The minimum absolute atomic E-state index is 0.398. The zero-order chi connectivity index (χ0) is 6.74. The van der Waals surface area contributed by atoms with Crippen molar-refractivity contribution < 1.29 is 4.84 Å². The lowest BCUT2D eigenvalue weighted by atomic mass is 9.90. The maximum absolute atomic E-state index is 4.99. The molecule has 0 spiro atoms. The van der Waals surface area contributed by atoms with E-state index in [0.717, 1.165) is 6.61 Å². The maximum atomic E-state index is 4.99. The topological polar surface area (TPSA) is 35.2 Å². The van der Waals surface area contributed by atoms with Gasteiger partial charge in [0, 0.05) is 0 Å².